The number of ether oxygens (including phenoxy) is 2. The average Bonchev–Trinajstić information content (AvgIpc) is 2.57. The van der Waals surface area contributed by atoms with Crippen molar-refractivity contribution in [3.63, 3.8) is 0 Å². The maximum absolute atomic E-state index is 13.1. The van der Waals surface area contributed by atoms with Gasteiger partial charge < -0.3 is 9.47 Å². The normalized spacial score (nSPS) is 10.6. The number of hydrogen-bond donors (Lipinski definition) is 0. The highest BCUT2D eigenvalue weighted by molar-refractivity contribution is 9.10. The Morgan fingerprint density at radius 1 is 1.25 bits per heavy atom. The summed E-state index contributed by atoms with van der Waals surface area (Å²) in [6.45, 7) is 3.92. The molecule has 0 unspecified atom stereocenters. The summed E-state index contributed by atoms with van der Waals surface area (Å²) in [4.78, 5) is 11.4. The number of esters is 1. The second-order valence-corrected chi connectivity index (χ2v) is 5.71. The van der Waals surface area contributed by atoms with E-state index in [1.807, 2.05) is 12.1 Å². The van der Waals surface area contributed by atoms with Crippen molar-refractivity contribution >= 4 is 28.0 Å². The van der Waals surface area contributed by atoms with Crippen LogP contribution >= 0.6 is 15.9 Å². The molecule has 0 aliphatic carbocycles. The van der Waals surface area contributed by atoms with E-state index in [-0.39, 0.29) is 19.0 Å². The molecule has 0 heterocycles. The molecule has 0 saturated heterocycles. The van der Waals surface area contributed by atoms with Gasteiger partial charge in [-0.3, -0.25) is 0 Å². The molecule has 2 aromatic rings. The van der Waals surface area contributed by atoms with E-state index in [0.29, 0.717) is 5.75 Å². The van der Waals surface area contributed by atoms with Gasteiger partial charge in [0.2, 0.25) is 0 Å². The predicted octanol–water partition coefficient (Wildman–Crippen LogP) is 4.91. The van der Waals surface area contributed by atoms with Crippen LogP contribution in [0.4, 0.5) is 4.39 Å². The van der Waals surface area contributed by atoms with E-state index >= 15 is 0 Å². The molecule has 0 aliphatic rings. The molecule has 0 bridgehead atoms. The Bertz CT molecular complexity index is 756. The number of carbonyl (C=O) groups is 1. The van der Waals surface area contributed by atoms with Gasteiger partial charge in [-0.25, -0.2) is 9.18 Å². The summed E-state index contributed by atoms with van der Waals surface area (Å²) in [6.07, 6.45) is 4.50. The quantitative estimate of drug-likeness (QED) is 0.382. The van der Waals surface area contributed by atoms with E-state index in [1.165, 1.54) is 24.3 Å². The molecule has 0 spiro atoms. The third kappa shape index (κ3) is 5.66. The molecule has 124 valence electrons. The lowest BCUT2D eigenvalue weighted by atomic mass is 10.2. The predicted molar refractivity (Wildman–Crippen MR) is 95.1 cm³/mol. The third-order valence-electron chi connectivity index (χ3n) is 2.99. The molecule has 2 aromatic carbocycles. The first-order chi connectivity index (χ1) is 11.6. The summed E-state index contributed by atoms with van der Waals surface area (Å²) in [6, 6.07) is 11.7. The van der Waals surface area contributed by atoms with E-state index in [2.05, 4.69) is 22.5 Å². The van der Waals surface area contributed by atoms with Crippen LogP contribution in [0.3, 0.4) is 0 Å². The SMILES string of the molecule is C=CCOC(=O)/C=C/c1ccc(OCc2cccc(F)c2)c(Br)c1. The number of halogens is 2. The Labute approximate surface area is 148 Å². The highest BCUT2D eigenvalue weighted by atomic mass is 79.9. The van der Waals surface area contributed by atoms with Gasteiger partial charge in [-0.1, -0.05) is 30.9 Å². The molecular formula is C19H16BrFO3. The molecule has 0 atom stereocenters. The van der Waals surface area contributed by atoms with Crippen molar-refractivity contribution in [3.8, 4) is 5.75 Å². The lowest BCUT2D eigenvalue weighted by molar-refractivity contribution is -0.136. The van der Waals surface area contributed by atoms with Crippen molar-refractivity contribution in [1.82, 2.24) is 0 Å². The molecule has 0 amide bonds. The van der Waals surface area contributed by atoms with Gasteiger partial charge in [0, 0.05) is 6.08 Å². The summed E-state index contributed by atoms with van der Waals surface area (Å²) in [5.74, 6) is -0.0953. The summed E-state index contributed by atoms with van der Waals surface area (Å²) in [5, 5.41) is 0. The van der Waals surface area contributed by atoms with Crippen LogP contribution in [0, 0.1) is 5.82 Å². The van der Waals surface area contributed by atoms with Gasteiger partial charge in [-0.2, -0.15) is 0 Å². The highest BCUT2D eigenvalue weighted by Gasteiger charge is 2.04. The minimum atomic E-state index is -0.433. The fourth-order valence-corrected chi connectivity index (χ4v) is 2.39. The van der Waals surface area contributed by atoms with Crippen molar-refractivity contribution in [3.05, 3.63) is 82.6 Å². The fourth-order valence-electron chi connectivity index (χ4n) is 1.88. The van der Waals surface area contributed by atoms with Crippen molar-refractivity contribution in [1.29, 1.82) is 0 Å². The Hall–Kier alpha value is -2.40. The van der Waals surface area contributed by atoms with Crippen LogP contribution in [-0.4, -0.2) is 12.6 Å². The molecule has 0 saturated carbocycles. The first kappa shape index (κ1) is 17.9. The molecule has 5 heteroatoms. The largest absolute Gasteiger partial charge is 0.488 e. The maximum Gasteiger partial charge on any atom is 0.331 e. The van der Waals surface area contributed by atoms with Crippen molar-refractivity contribution < 1.29 is 18.7 Å². The van der Waals surface area contributed by atoms with E-state index in [4.69, 9.17) is 9.47 Å². The number of benzene rings is 2. The van der Waals surface area contributed by atoms with E-state index in [1.54, 1.807) is 24.3 Å². The second kappa shape index (κ2) is 9.03. The molecule has 3 nitrogen and oxygen atoms in total. The minimum absolute atomic E-state index is 0.180. The first-order valence-corrected chi connectivity index (χ1v) is 8.00. The summed E-state index contributed by atoms with van der Waals surface area (Å²) in [7, 11) is 0. The lowest BCUT2D eigenvalue weighted by Crippen LogP contribution is -1.99. The minimum Gasteiger partial charge on any atom is -0.488 e. The molecule has 0 radical (unpaired) electrons. The van der Waals surface area contributed by atoms with Crippen molar-refractivity contribution in [2.24, 2.45) is 0 Å². The molecule has 0 aromatic heterocycles. The van der Waals surface area contributed by atoms with Gasteiger partial charge >= 0.3 is 5.97 Å². The van der Waals surface area contributed by atoms with E-state index in [9.17, 15) is 9.18 Å². The number of rotatable bonds is 7. The van der Waals surface area contributed by atoms with Gasteiger partial charge in [-0.05, 0) is 57.4 Å². The van der Waals surface area contributed by atoms with Crippen LogP contribution in [0.25, 0.3) is 6.08 Å². The molecule has 0 fully saturated rings. The smallest absolute Gasteiger partial charge is 0.331 e. The van der Waals surface area contributed by atoms with Crippen molar-refractivity contribution in [2.45, 2.75) is 6.61 Å². The number of carbonyl (C=O) groups excluding carboxylic acids is 1. The topological polar surface area (TPSA) is 35.5 Å². The maximum atomic E-state index is 13.1. The van der Waals surface area contributed by atoms with E-state index < -0.39 is 5.97 Å². The molecular weight excluding hydrogens is 375 g/mol. The zero-order valence-corrected chi connectivity index (χ0v) is 14.5. The zero-order valence-electron chi connectivity index (χ0n) is 12.9. The molecule has 0 aliphatic heterocycles. The summed E-state index contributed by atoms with van der Waals surface area (Å²) >= 11 is 3.42. The summed E-state index contributed by atoms with van der Waals surface area (Å²) in [5.41, 5.74) is 1.56. The van der Waals surface area contributed by atoms with Gasteiger partial charge in [-0.15, -0.1) is 0 Å². The summed E-state index contributed by atoms with van der Waals surface area (Å²) < 4.78 is 24.4. The second-order valence-electron chi connectivity index (χ2n) is 4.86. The van der Waals surface area contributed by atoms with Crippen LogP contribution in [-0.2, 0) is 16.1 Å². The standard InChI is InChI=1S/C19H16BrFO3/c1-2-10-23-19(22)9-7-14-6-8-18(17(20)12-14)24-13-15-4-3-5-16(21)11-15/h2-9,11-12H,1,10,13H2/b9-7+. The molecule has 2 rings (SSSR count). The Kier molecular flexibility index (Phi) is 6.75. The van der Waals surface area contributed by atoms with Crippen LogP contribution in [0.15, 0.2) is 65.7 Å². The van der Waals surface area contributed by atoms with Gasteiger partial charge in [0.05, 0.1) is 4.47 Å². The van der Waals surface area contributed by atoms with Gasteiger partial charge in [0.1, 0.15) is 24.8 Å². The lowest BCUT2D eigenvalue weighted by Gasteiger charge is -2.09. The van der Waals surface area contributed by atoms with Crippen LogP contribution < -0.4 is 4.74 Å². The third-order valence-corrected chi connectivity index (χ3v) is 3.61. The monoisotopic (exact) mass is 390 g/mol. The van der Waals surface area contributed by atoms with Crippen molar-refractivity contribution in [2.75, 3.05) is 6.61 Å². The fraction of sp³-hybridized carbons (Fsp3) is 0.105. The van der Waals surface area contributed by atoms with Gasteiger partial charge in [0.25, 0.3) is 0 Å². The highest BCUT2D eigenvalue weighted by Crippen LogP contribution is 2.27. The number of hydrogen-bond acceptors (Lipinski definition) is 3. The first-order valence-electron chi connectivity index (χ1n) is 7.21. The Morgan fingerprint density at radius 2 is 2.08 bits per heavy atom. The molecule has 24 heavy (non-hydrogen) atoms. The van der Waals surface area contributed by atoms with Crippen LogP contribution in [0.5, 0.6) is 5.75 Å². The van der Waals surface area contributed by atoms with Crippen LogP contribution in [0.2, 0.25) is 0 Å². The molecule has 0 N–H and O–H groups in total. The van der Waals surface area contributed by atoms with E-state index in [0.717, 1.165) is 15.6 Å². The Morgan fingerprint density at radius 3 is 2.79 bits per heavy atom. The average molecular weight is 391 g/mol. The zero-order chi connectivity index (χ0) is 17.4. The van der Waals surface area contributed by atoms with Gasteiger partial charge in [0.15, 0.2) is 0 Å². The van der Waals surface area contributed by atoms with Crippen LogP contribution in [0.1, 0.15) is 11.1 Å². The Balaban J connectivity index is 1.97.